The molecule has 8 heteroatoms. The number of likely N-dealkylation sites (tertiary alicyclic amines) is 1. The van der Waals surface area contributed by atoms with E-state index in [1.807, 2.05) is 6.20 Å². The summed E-state index contributed by atoms with van der Waals surface area (Å²) in [7, 11) is 4.82. The van der Waals surface area contributed by atoms with E-state index in [0.29, 0.717) is 12.1 Å². The highest BCUT2D eigenvalue weighted by Crippen LogP contribution is 2.41. The second-order valence-electron chi connectivity index (χ2n) is 6.75. The molecule has 1 saturated heterocycles. The van der Waals surface area contributed by atoms with Crippen LogP contribution in [0.25, 0.3) is 0 Å². The van der Waals surface area contributed by atoms with Gasteiger partial charge in [0.15, 0.2) is 0 Å². The van der Waals surface area contributed by atoms with Crippen LogP contribution >= 0.6 is 0 Å². The lowest BCUT2D eigenvalue weighted by molar-refractivity contribution is -0.145. The molecule has 2 aromatic rings. The van der Waals surface area contributed by atoms with Gasteiger partial charge in [0.25, 0.3) is 0 Å². The summed E-state index contributed by atoms with van der Waals surface area (Å²) in [6.07, 6.45) is 3.75. The van der Waals surface area contributed by atoms with Crippen LogP contribution in [0.4, 0.5) is 4.39 Å². The van der Waals surface area contributed by atoms with E-state index in [0.717, 1.165) is 5.56 Å². The van der Waals surface area contributed by atoms with E-state index in [1.54, 1.807) is 48.1 Å². The lowest BCUT2D eigenvalue weighted by Gasteiger charge is -2.27. The maximum Gasteiger partial charge on any atom is 0.323 e. The molecule has 0 bridgehead atoms. The van der Waals surface area contributed by atoms with Crippen molar-refractivity contribution in [1.29, 1.82) is 0 Å². The van der Waals surface area contributed by atoms with E-state index in [9.17, 15) is 14.0 Å². The fraction of sp³-hybridized carbons (Fsp3) is 0.421. The van der Waals surface area contributed by atoms with Crippen LogP contribution in [0.2, 0.25) is 0 Å². The molecule has 27 heavy (non-hydrogen) atoms. The van der Waals surface area contributed by atoms with Gasteiger partial charge in [-0.05, 0) is 19.5 Å². The third-order valence-electron chi connectivity index (χ3n) is 5.05. The summed E-state index contributed by atoms with van der Waals surface area (Å²) in [6, 6.07) is 5.18. The van der Waals surface area contributed by atoms with Crippen LogP contribution in [0.15, 0.2) is 36.7 Å². The maximum atomic E-state index is 14.4. The second-order valence-corrected chi connectivity index (χ2v) is 6.75. The van der Waals surface area contributed by atoms with Gasteiger partial charge in [-0.15, -0.1) is 0 Å². The molecule has 1 aliphatic heterocycles. The summed E-state index contributed by atoms with van der Waals surface area (Å²) < 4.78 is 20.9. The first-order valence-electron chi connectivity index (χ1n) is 8.71. The number of esters is 1. The number of carbonyl (C=O) groups excluding carboxylic acids is 2. The highest BCUT2D eigenvalue weighted by atomic mass is 19.1. The van der Waals surface area contributed by atoms with Crippen LogP contribution < -0.4 is 5.32 Å². The lowest BCUT2D eigenvalue weighted by Crippen LogP contribution is -2.36. The fourth-order valence-corrected chi connectivity index (χ4v) is 3.70. The number of likely N-dealkylation sites (N-methyl/N-ethyl adjacent to an activating group) is 1. The standard InChI is InChI=1S/C19H23FN4O3/c1-23-11-12(10-22-23)9-21-18(25)14-8-16(19(26)27-3)24(2)17(14)13-6-4-5-7-15(13)20/h4-7,10-11,14,16-17H,8-9H2,1-3H3,(H,21,25)/t14-,16-,17-/m0/s1. The van der Waals surface area contributed by atoms with Gasteiger partial charge in [0, 0.05) is 37.0 Å². The second kappa shape index (κ2) is 7.87. The quantitative estimate of drug-likeness (QED) is 0.801. The van der Waals surface area contributed by atoms with E-state index in [1.165, 1.54) is 13.2 Å². The van der Waals surface area contributed by atoms with Crippen molar-refractivity contribution < 1.29 is 18.7 Å². The molecule has 1 aliphatic rings. The molecule has 1 fully saturated rings. The summed E-state index contributed by atoms with van der Waals surface area (Å²) in [6.45, 7) is 0.319. The van der Waals surface area contributed by atoms with Crippen LogP contribution in [0.5, 0.6) is 0 Å². The molecular weight excluding hydrogens is 351 g/mol. The van der Waals surface area contributed by atoms with E-state index in [2.05, 4.69) is 10.4 Å². The Morgan fingerprint density at radius 2 is 2.07 bits per heavy atom. The average molecular weight is 374 g/mol. The third-order valence-corrected chi connectivity index (χ3v) is 5.05. The summed E-state index contributed by atoms with van der Waals surface area (Å²) in [5.74, 6) is -1.63. The van der Waals surface area contributed by atoms with E-state index >= 15 is 0 Å². The van der Waals surface area contributed by atoms with Gasteiger partial charge in [-0.1, -0.05) is 18.2 Å². The van der Waals surface area contributed by atoms with Gasteiger partial charge in [0.2, 0.25) is 5.91 Å². The smallest absolute Gasteiger partial charge is 0.323 e. The Balaban J connectivity index is 1.84. The number of hydrogen-bond donors (Lipinski definition) is 1. The Bertz CT molecular complexity index is 838. The molecule has 1 amide bonds. The Hall–Kier alpha value is -2.74. The van der Waals surface area contributed by atoms with E-state index in [4.69, 9.17) is 4.74 Å². The number of halogens is 1. The van der Waals surface area contributed by atoms with Crippen LogP contribution in [0.1, 0.15) is 23.6 Å². The van der Waals surface area contributed by atoms with Gasteiger partial charge in [0.05, 0.1) is 19.2 Å². The predicted molar refractivity (Wildman–Crippen MR) is 95.9 cm³/mol. The Morgan fingerprint density at radius 1 is 1.33 bits per heavy atom. The number of carbonyl (C=O) groups is 2. The van der Waals surface area contributed by atoms with Gasteiger partial charge in [-0.25, -0.2) is 4.39 Å². The summed E-state index contributed by atoms with van der Waals surface area (Å²) in [5.41, 5.74) is 1.26. The minimum absolute atomic E-state index is 0.231. The molecule has 0 saturated carbocycles. The zero-order valence-electron chi connectivity index (χ0n) is 15.6. The number of ether oxygens (including phenoxy) is 1. The minimum Gasteiger partial charge on any atom is -0.468 e. The molecule has 0 unspecified atom stereocenters. The zero-order valence-corrected chi connectivity index (χ0v) is 15.6. The molecule has 3 atom stereocenters. The van der Waals surface area contributed by atoms with Crippen molar-refractivity contribution in [3.8, 4) is 0 Å². The number of aromatic nitrogens is 2. The molecule has 2 heterocycles. The number of methoxy groups -OCH3 is 1. The molecule has 0 radical (unpaired) electrons. The molecule has 7 nitrogen and oxygen atoms in total. The van der Waals surface area contributed by atoms with Gasteiger partial charge in [-0.2, -0.15) is 5.10 Å². The predicted octanol–water partition coefficient (Wildman–Crippen LogP) is 1.41. The van der Waals surface area contributed by atoms with Crippen molar-refractivity contribution in [2.75, 3.05) is 14.2 Å². The van der Waals surface area contributed by atoms with Gasteiger partial charge >= 0.3 is 5.97 Å². The highest BCUT2D eigenvalue weighted by Gasteiger charge is 2.47. The first-order valence-corrected chi connectivity index (χ1v) is 8.71. The largest absolute Gasteiger partial charge is 0.468 e. The van der Waals surface area contributed by atoms with Crippen molar-refractivity contribution in [2.24, 2.45) is 13.0 Å². The van der Waals surface area contributed by atoms with Crippen molar-refractivity contribution >= 4 is 11.9 Å². The molecule has 1 N–H and O–H groups in total. The first-order chi connectivity index (χ1) is 12.9. The highest BCUT2D eigenvalue weighted by molar-refractivity contribution is 5.83. The Kier molecular flexibility index (Phi) is 5.55. The summed E-state index contributed by atoms with van der Waals surface area (Å²) in [5, 5.41) is 6.95. The number of amides is 1. The minimum atomic E-state index is -0.603. The van der Waals surface area contributed by atoms with Gasteiger partial charge in [-0.3, -0.25) is 19.2 Å². The number of hydrogen-bond acceptors (Lipinski definition) is 5. The first kappa shape index (κ1) is 19.0. The Morgan fingerprint density at radius 3 is 2.70 bits per heavy atom. The number of nitrogens with zero attached hydrogens (tertiary/aromatic N) is 3. The Labute approximate surface area is 157 Å². The monoisotopic (exact) mass is 374 g/mol. The maximum absolute atomic E-state index is 14.4. The topological polar surface area (TPSA) is 76.5 Å². The molecular formula is C19H23FN4O3. The van der Waals surface area contributed by atoms with Gasteiger partial charge in [0.1, 0.15) is 11.9 Å². The molecule has 1 aromatic carbocycles. The summed E-state index contributed by atoms with van der Waals surface area (Å²) in [4.78, 5) is 26.7. The van der Waals surface area contributed by atoms with Crippen molar-refractivity contribution in [2.45, 2.75) is 25.0 Å². The molecule has 3 rings (SSSR count). The van der Waals surface area contributed by atoms with Crippen LogP contribution in [-0.4, -0.2) is 46.8 Å². The molecule has 144 valence electrons. The van der Waals surface area contributed by atoms with E-state index < -0.39 is 29.8 Å². The summed E-state index contributed by atoms with van der Waals surface area (Å²) >= 11 is 0. The fourth-order valence-electron chi connectivity index (χ4n) is 3.70. The van der Waals surface area contributed by atoms with Crippen molar-refractivity contribution in [3.05, 3.63) is 53.6 Å². The third kappa shape index (κ3) is 3.85. The SMILES string of the molecule is COC(=O)[C@@H]1C[C@H](C(=O)NCc2cnn(C)c2)[C@H](c2ccccc2F)N1C. The van der Waals surface area contributed by atoms with Gasteiger partial charge < -0.3 is 10.1 Å². The molecule has 0 aliphatic carbocycles. The van der Waals surface area contributed by atoms with Crippen LogP contribution in [0, 0.1) is 11.7 Å². The number of rotatable bonds is 5. The number of aryl methyl sites for hydroxylation is 1. The van der Waals surface area contributed by atoms with Crippen LogP contribution in [0.3, 0.4) is 0 Å². The lowest BCUT2D eigenvalue weighted by atomic mass is 9.92. The molecule has 0 spiro atoms. The van der Waals surface area contributed by atoms with Crippen LogP contribution in [-0.2, 0) is 27.9 Å². The molecule has 1 aromatic heterocycles. The van der Waals surface area contributed by atoms with E-state index in [-0.39, 0.29) is 12.3 Å². The number of benzene rings is 1. The van der Waals surface area contributed by atoms with Crippen molar-refractivity contribution in [3.63, 3.8) is 0 Å². The van der Waals surface area contributed by atoms with Crippen molar-refractivity contribution in [1.82, 2.24) is 20.0 Å². The average Bonchev–Trinajstić information content (AvgIpc) is 3.23. The normalized spacial score (nSPS) is 22.6. The zero-order chi connectivity index (χ0) is 19.6. The number of nitrogens with one attached hydrogen (secondary N) is 1.